The summed E-state index contributed by atoms with van der Waals surface area (Å²) in [5.41, 5.74) is 11.8. The quantitative estimate of drug-likeness (QED) is 0.155. The summed E-state index contributed by atoms with van der Waals surface area (Å²) >= 11 is 0. The van der Waals surface area contributed by atoms with Crippen molar-refractivity contribution in [3.8, 4) is 23.1 Å². The van der Waals surface area contributed by atoms with E-state index in [4.69, 9.17) is 4.74 Å². The molecule has 10 rings (SSSR count). The SMILES string of the molecule is Cc1c(N(C(=O)c2cc(-c3cc4c(cc3C(=O)N3Cc5ccccc5C[C@H]3C)CN(C(=O)Cc3ccc(N5CCC(N6CCOCC6)C5)cc3)CC4)n(C)c2C)c2ccc(O)cc2)cc(C#N)n1C. The molecule has 4 aliphatic heterocycles. The summed E-state index contributed by atoms with van der Waals surface area (Å²) in [4.78, 5) is 54.8. The first kappa shape index (κ1) is 45.6. The third kappa shape index (κ3) is 8.68. The molecule has 0 bridgehead atoms. The molecule has 69 heavy (non-hydrogen) atoms. The minimum Gasteiger partial charge on any atom is -0.508 e. The molecule has 13 nitrogen and oxygen atoms in total. The van der Waals surface area contributed by atoms with Gasteiger partial charge in [-0.05, 0) is 129 Å². The van der Waals surface area contributed by atoms with E-state index in [2.05, 4.69) is 65.3 Å². The number of carbonyl (C=O) groups excluding carboxylic acids is 3. The minimum absolute atomic E-state index is 0.0510. The molecule has 1 N–H and O–H groups in total. The molecule has 4 aliphatic rings. The molecule has 2 fully saturated rings. The van der Waals surface area contributed by atoms with Crippen LogP contribution in [0.3, 0.4) is 0 Å². The van der Waals surface area contributed by atoms with E-state index < -0.39 is 0 Å². The van der Waals surface area contributed by atoms with Crippen molar-refractivity contribution in [2.24, 2.45) is 14.1 Å². The van der Waals surface area contributed by atoms with Crippen LogP contribution >= 0.6 is 0 Å². The number of morpholine rings is 1. The number of anilines is 3. The second-order valence-electron chi connectivity index (χ2n) is 19.3. The number of phenols is 1. The van der Waals surface area contributed by atoms with E-state index in [1.54, 1.807) is 34.7 Å². The Hall–Kier alpha value is -7.14. The molecule has 4 aromatic carbocycles. The van der Waals surface area contributed by atoms with Crippen molar-refractivity contribution < 1.29 is 24.2 Å². The van der Waals surface area contributed by atoms with E-state index in [1.165, 1.54) is 23.4 Å². The maximum atomic E-state index is 15.2. The second-order valence-corrected chi connectivity index (χ2v) is 19.3. The highest BCUT2D eigenvalue weighted by Gasteiger charge is 2.34. The van der Waals surface area contributed by atoms with Crippen molar-refractivity contribution in [1.29, 1.82) is 5.26 Å². The van der Waals surface area contributed by atoms with Crippen molar-refractivity contribution in [3.05, 3.63) is 153 Å². The fraction of sp³-hybridized carbons (Fsp3) is 0.357. The lowest BCUT2D eigenvalue weighted by molar-refractivity contribution is -0.131. The van der Waals surface area contributed by atoms with E-state index in [0.717, 1.165) is 85.7 Å². The molecule has 6 aromatic rings. The monoisotopic (exact) mass is 924 g/mol. The third-order valence-corrected chi connectivity index (χ3v) is 15.3. The maximum absolute atomic E-state index is 15.2. The highest BCUT2D eigenvalue weighted by molar-refractivity contribution is 6.13. The zero-order valence-corrected chi connectivity index (χ0v) is 40.2. The Morgan fingerprint density at radius 2 is 1.54 bits per heavy atom. The number of aromatic hydroxyl groups is 1. The molecular formula is C56H60N8O5. The van der Waals surface area contributed by atoms with E-state index >= 15 is 9.59 Å². The van der Waals surface area contributed by atoms with Gasteiger partial charge in [-0.15, -0.1) is 0 Å². The van der Waals surface area contributed by atoms with Crippen LogP contribution in [-0.4, -0.2) is 105 Å². The number of hydrogen-bond acceptors (Lipinski definition) is 8. The van der Waals surface area contributed by atoms with Crippen molar-refractivity contribution in [1.82, 2.24) is 23.8 Å². The lowest BCUT2D eigenvalue weighted by Crippen LogP contribution is -2.44. The summed E-state index contributed by atoms with van der Waals surface area (Å²) in [5, 5.41) is 20.1. The summed E-state index contributed by atoms with van der Waals surface area (Å²) in [5.74, 6) is -0.303. The fourth-order valence-corrected chi connectivity index (χ4v) is 10.9. The lowest BCUT2D eigenvalue weighted by Gasteiger charge is -2.36. The summed E-state index contributed by atoms with van der Waals surface area (Å²) in [6.45, 7) is 12.9. The summed E-state index contributed by atoms with van der Waals surface area (Å²) < 4.78 is 9.31. The number of nitrogens with zero attached hydrogens (tertiary/aromatic N) is 8. The van der Waals surface area contributed by atoms with Crippen molar-refractivity contribution >= 4 is 34.8 Å². The zero-order chi connectivity index (χ0) is 48.1. The lowest BCUT2D eigenvalue weighted by atomic mass is 9.89. The second kappa shape index (κ2) is 18.7. The Bertz CT molecular complexity index is 2990. The molecule has 0 saturated carbocycles. The number of aromatic nitrogens is 2. The average Bonchev–Trinajstić information content (AvgIpc) is 4.06. The standard InChI is InChI=1S/C56H60N8O5/c1-36-26-40-8-6-7-9-42(40)34-63(36)55(67)51-29-43-33-62(54(66)27-39-10-12-44(13-11-39)61-21-19-46(35-61)60-22-24-69-25-23-60)20-18-41(43)28-50(51)53-31-49(37(2)59(53)5)56(68)64(45-14-16-48(65)17-15-45)52-30-47(32-57)58(4)38(52)3/h6-17,28-31,36,46,65H,18-27,33-35H2,1-5H3/t36-,46?/m1/s1. The van der Waals surface area contributed by atoms with Gasteiger partial charge in [-0.3, -0.25) is 24.2 Å². The Kier molecular flexibility index (Phi) is 12.4. The van der Waals surface area contributed by atoms with Gasteiger partial charge >= 0.3 is 0 Å². The maximum Gasteiger partial charge on any atom is 0.264 e. The molecular weight excluding hydrogens is 865 g/mol. The van der Waals surface area contributed by atoms with Crippen molar-refractivity contribution in [3.63, 3.8) is 0 Å². The van der Waals surface area contributed by atoms with Gasteiger partial charge in [0.25, 0.3) is 11.8 Å². The molecule has 354 valence electrons. The molecule has 13 heteroatoms. The van der Waals surface area contributed by atoms with Gasteiger partial charge in [0.1, 0.15) is 17.5 Å². The third-order valence-electron chi connectivity index (χ3n) is 15.3. The number of rotatable bonds is 9. The number of nitriles is 1. The van der Waals surface area contributed by atoms with Gasteiger partial charge < -0.3 is 33.7 Å². The van der Waals surface area contributed by atoms with Crippen LogP contribution < -0.4 is 9.80 Å². The van der Waals surface area contributed by atoms with Gasteiger partial charge in [0.05, 0.1) is 30.9 Å². The van der Waals surface area contributed by atoms with E-state index in [0.29, 0.717) is 78.1 Å². The number of benzene rings is 4. The summed E-state index contributed by atoms with van der Waals surface area (Å²) in [6.07, 6.45) is 2.79. The van der Waals surface area contributed by atoms with E-state index in [-0.39, 0.29) is 29.5 Å². The molecule has 0 spiro atoms. The predicted octanol–water partition coefficient (Wildman–Crippen LogP) is 7.83. The molecule has 0 aliphatic carbocycles. The Labute approximate surface area is 404 Å². The average molecular weight is 925 g/mol. The van der Waals surface area contributed by atoms with E-state index in [1.807, 2.05) is 59.5 Å². The van der Waals surface area contributed by atoms with Crippen LogP contribution in [0.4, 0.5) is 17.1 Å². The number of fused-ring (bicyclic) bond motifs is 2. The molecule has 1 unspecified atom stereocenters. The fourth-order valence-electron chi connectivity index (χ4n) is 10.9. The van der Waals surface area contributed by atoms with Gasteiger partial charge in [-0.1, -0.05) is 36.4 Å². The normalized spacial score (nSPS) is 18.2. The largest absolute Gasteiger partial charge is 0.508 e. The van der Waals surface area contributed by atoms with Crippen molar-refractivity contribution in [2.75, 3.05) is 55.7 Å². The number of amides is 3. The van der Waals surface area contributed by atoms with Crippen LogP contribution in [0.2, 0.25) is 0 Å². The Morgan fingerprint density at radius 1 is 0.797 bits per heavy atom. The van der Waals surface area contributed by atoms with Gasteiger partial charge in [0.2, 0.25) is 5.91 Å². The Balaban J connectivity index is 0.956. The number of carbonyl (C=O) groups is 3. The summed E-state index contributed by atoms with van der Waals surface area (Å²) in [7, 11) is 3.71. The molecule has 3 amide bonds. The smallest absolute Gasteiger partial charge is 0.264 e. The Morgan fingerprint density at radius 3 is 2.26 bits per heavy atom. The number of phenolic OH excluding ortho intramolecular Hbond substituents is 1. The number of hydrogen-bond donors (Lipinski definition) is 1. The molecule has 0 radical (unpaired) electrons. The molecule has 6 heterocycles. The summed E-state index contributed by atoms with van der Waals surface area (Å²) in [6, 6.07) is 33.6. The highest BCUT2D eigenvalue weighted by Crippen LogP contribution is 2.39. The molecule has 2 saturated heterocycles. The van der Waals surface area contributed by atoms with Crippen LogP contribution in [-0.2, 0) is 56.0 Å². The van der Waals surface area contributed by atoms with Crippen LogP contribution in [0.15, 0.2) is 97.1 Å². The first-order valence-corrected chi connectivity index (χ1v) is 24.2. The van der Waals surface area contributed by atoms with Crippen LogP contribution in [0.5, 0.6) is 5.75 Å². The zero-order valence-electron chi connectivity index (χ0n) is 40.2. The number of ether oxygens (including phenoxy) is 1. The van der Waals surface area contributed by atoms with Crippen LogP contribution in [0.25, 0.3) is 11.3 Å². The van der Waals surface area contributed by atoms with Gasteiger partial charge in [0, 0.05) is 112 Å². The van der Waals surface area contributed by atoms with Crippen LogP contribution in [0.1, 0.15) is 79.0 Å². The topological polar surface area (TPSA) is 131 Å². The first-order valence-electron chi connectivity index (χ1n) is 24.2. The molecule has 2 atom stereocenters. The predicted molar refractivity (Wildman–Crippen MR) is 267 cm³/mol. The minimum atomic E-state index is -0.317. The van der Waals surface area contributed by atoms with Gasteiger partial charge in [-0.2, -0.15) is 5.26 Å². The van der Waals surface area contributed by atoms with Crippen molar-refractivity contribution in [2.45, 2.75) is 71.6 Å². The van der Waals surface area contributed by atoms with Gasteiger partial charge in [0.15, 0.2) is 0 Å². The van der Waals surface area contributed by atoms with E-state index in [9.17, 15) is 15.2 Å². The van der Waals surface area contributed by atoms with Gasteiger partial charge in [-0.25, -0.2) is 0 Å². The first-order chi connectivity index (χ1) is 33.4. The van der Waals surface area contributed by atoms with Crippen LogP contribution in [0, 0.1) is 25.2 Å². The molecule has 2 aromatic heterocycles. The highest BCUT2D eigenvalue weighted by atomic mass is 16.5.